The van der Waals surface area contributed by atoms with E-state index in [9.17, 15) is 4.79 Å². The van der Waals surface area contributed by atoms with Crippen molar-refractivity contribution in [1.29, 1.82) is 0 Å². The van der Waals surface area contributed by atoms with Crippen molar-refractivity contribution in [3.8, 4) is 5.75 Å². The molecule has 0 aromatic heterocycles. The molecular weight excluding hydrogens is 274 g/mol. The van der Waals surface area contributed by atoms with Crippen molar-refractivity contribution < 1.29 is 9.53 Å². The fraction of sp³-hybridized carbons (Fsp3) is 0.562. The molecule has 2 rings (SSSR count). The molecule has 112 valence electrons. The van der Waals surface area contributed by atoms with Gasteiger partial charge in [-0.3, -0.25) is 4.79 Å². The predicted octanol–water partition coefficient (Wildman–Crippen LogP) is 3.88. The fourth-order valence-electron chi connectivity index (χ4n) is 2.03. The van der Waals surface area contributed by atoms with E-state index in [4.69, 9.17) is 16.3 Å². The number of carbonyl (C=O) groups is 1. The second-order valence-corrected chi connectivity index (χ2v) is 5.78. The molecule has 1 amide bonds. The van der Waals surface area contributed by atoms with Gasteiger partial charge in [-0.2, -0.15) is 0 Å². The van der Waals surface area contributed by atoms with Crippen molar-refractivity contribution in [3.63, 3.8) is 0 Å². The quantitative estimate of drug-likeness (QED) is 0.775. The zero-order valence-electron chi connectivity index (χ0n) is 12.8. The molecule has 1 aliphatic heterocycles. The summed E-state index contributed by atoms with van der Waals surface area (Å²) in [5, 5.41) is 0. The molecule has 0 radical (unpaired) electrons. The normalized spacial score (nSPS) is 13.4. The number of carbonyl (C=O) groups excluding carboxylic acids is 1. The maximum atomic E-state index is 11.6. The van der Waals surface area contributed by atoms with Crippen molar-refractivity contribution in [2.24, 2.45) is 5.92 Å². The molecule has 0 saturated carbocycles. The average molecular weight is 298 g/mol. The number of fused-ring (bicyclic) bond motifs is 1. The lowest BCUT2D eigenvalue weighted by molar-refractivity contribution is -0.116. The van der Waals surface area contributed by atoms with Crippen LogP contribution < -0.4 is 9.64 Å². The summed E-state index contributed by atoms with van der Waals surface area (Å²) in [5.74, 6) is 1.66. The Morgan fingerprint density at radius 2 is 2.05 bits per heavy atom. The number of methoxy groups -OCH3 is 1. The molecule has 0 N–H and O–H groups in total. The first-order valence-electron chi connectivity index (χ1n) is 7.02. The van der Waals surface area contributed by atoms with Crippen LogP contribution in [0, 0.1) is 5.92 Å². The lowest BCUT2D eigenvalue weighted by Gasteiger charge is -2.29. The van der Waals surface area contributed by atoms with E-state index < -0.39 is 0 Å². The number of hydrogen-bond donors (Lipinski definition) is 0. The highest BCUT2D eigenvalue weighted by Crippen LogP contribution is 2.30. The van der Waals surface area contributed by atoms with Crippen molar-refractivity contribution in [1.82, 2.24) is 0 Å². The minimum atomic E-state index is -0.0345. The summed E-state index contributed by atoms with van der Waals surface area (Å²) in [6.45, 7) is 7.25. The number of aryl methyl sites for hydroxylation is 1. The number of hydrogen-bond acceptors (Lipinski definition) is 2. The Kier molecular flexibility index (Phi) is 6.86. The van der Waals surface area contributed by atoms with Crippen LogP contribution in [-0.2, 0) is 11.2 Å². The molecule has 4 heteroatoms. The molecule has 0 unspecified atom stereocenters. The van der Waals surface area contributed by atoms with Crippen LogP contribution in [0.15, 0.2) is 18.2 Å². The molecule has 0 saturated heterocycles. The summed E-state index contributed by atoms with van der Waals surface area (Å²) < 4.78 is 5.17. The van der Waals surface area contributed by atoms with E-state index in [1.54, 1.807) is 12.0 Å². The molecule has 20 heavy (non-hydrogen) atoms. The maximum Gasteiger partial charge on any atom is 0.241 e. The van der Waals surface area contributed by atoms with Crippen LogP contribution in [0.5, 0.6) is 5.75 Å². The number of benzene rings is 1. The Hall–Kier alpha value is -1.22. The molecular formula is C16H24ClNO2. The third-order valence-electron chi connectivity index (χ3n) is 2.82. The molecule has 0 aliphatic carbocycles. The Morgan fingerprint density at radius 1 is 1.40 bits per heavy atom. The van der Waals surface area contributed by atoms with E-state index >= 15 is 0 Å². The van der Waals surface area contributed by atoms with Gasteiger partial charge in [0.05, 0.1) is 7.11 Å². The number of amides is 1. The van der Waals surface area contributed by atoms with E-state index in [0.29, 0.717) is 0 Å². The molecule has 3 nitrogen and oxygen atoms in total. The minimum Gasteiger partial charge on any atom is -0.497 e. The molecule has 1 heterocycles. The highest BCUT2D eigenvalue weighted by molar-refractivity contribution is 6.29. The summed E-state index contributed by atoms with van der Waals surface area (Å²) in [6, 6.07) is 5.79. The molecule has 0 bridgehead atoms. The third-order valence-corrected chi connectivity index (χ3v) is 3.05. The summed E-state index contributed by atoms with van der Waals surface area (Å²) in [6.07, 6.45) is 1.96. The highest BCUT2D eigenvalue weighted by Gasteiger charge is 2.21. The van der Waals surface area contributed by atoms with Crippen LogP contribution in [0.3, 0.4) is 0 Å². The van der Waals surface area contributed by atoms with Gasteiger partial charge < -0.3 is 9.64 Å². The smallest absolute Gasteiger partial charge is 0.241 e. The van der Waals surface area contributed by atoms with Gasteiger partial charge in [0.25, 0.3) is 0 Å². The Morgan fingerprint density at radius 3 is 2.60 bits per heavy atom. The lowest BCUT2D eigenvalue weighted by Crippen LogP contribution is -2.36. The predicted molar refractivity (Wildman–Crippen MR) is 84.9 cm³/mol. The van der Waals surface area contributed by atoms with E-state index in [0.717, 1.165) is 42.3 Å². The van der Waals surface area contributed by atoms with Crippen LogP contribution in [0.4, 0.5) is 5.69 Å². The van der Waals surface area contributed by atoms with Crippen molar-refractivity contribution in [3.05, 3.63) is 23.8 Å². The van der Waals surface area contributed by atoms with Gasteiger partial charge in [0.1, 0.15) is 11.6 Å². The summed E-state index contributed by atoms with van der Waals surface area (Å²) in [4.78, 5) is 13.4. The fourth-order valence-corrected chi connectivity index (χ4v) is 2.18. The second-order valence-electron chi connectivity index (χ2n) is 5.51. The minimum absolute atomic E-state index is 0.0332. The molecule has 1 aromatic carbocycles. The lowest BCUT2D eigenvalue weighted by atomic mass is 10.0. The van der Waals surface area contributed by atoms with Gasteiger partial charge in [-0.15, -0.1) is 11.6 Å². The monoisotopic (exact) mass is 297 g/mol. The maximum absolute atomic E-state index is 11.6. The number of ether oxygens (including phenoxy) is 1. The van der Waals surface area contributed by atoms with Crippen LogP contribution in [0.25, 0.3) is 0 Å². The van der Waals surface area contributed by atoms with Gasteiger partial charge in [-0.1, -0.05) is 20.8 Å². The van der Waals surface area contributed by atoms with E-state index in [2.05, 4.69) is 20.8 Å². The summed E-state index contributed by atoms with van der Waals surface area (Å²) in [7, 11) is 1.65. The number of halogens is 1. The zero-order valence-corrected chi connectivity index (χ0v) is 13.5. The van der Waals surface area contributed by atoms with Gasteiger partial charge in [-0.05, 0) is 42.5 Å². The first kappa shape index (κ1) is 16.8. The van der Waals surface area contributed by atoms with E-state index in [1.165, 1.54) is 0 Å². The Balaban J connectivity index is 0.000000444. The summed E-state index contributed by atoms with van der Waals surface area (Å²) >= 11 is 5.59. The SMILES string of the molecule is CC(C)C.COc1ccc2c(c1)CCCN2C(=O)CCl. The van der Waals surface area contributed by atoms with Gasteiger partial charge in [0.2, 0.25) is 5.91 Å². The van der Waals surface area contributed by atoms with Crippen molar-refractivity contribution in [2.75, 3.05) is 24.4 Å². The van der Waals surface area contributed by atoms with Crippen molar-refractivity contribution in [2.45, 2.75) is 33.6 Å². The zero-order chi connectivity index (χ0) is 15.1. The Bertz CT molecular complexity index is 443. The Labute approximate surface area is 126 Å². The topological polar surface area (TPSA) is 29.5 Å². The van der Waals surface area contributed by atoms with Crippen LogP contribution in [0.1, 0.15) is 32.8 Å². The van der Waals surface area contributed by atoms with Gasteiger partial charge in [0, 0.05) is 12.2 Å². The average Bonchev–Trinajstić information content (AvgIpc) is 2.44. The van der Waals surface area contributed by atoms with Crippen LogP contribution in [0.2, 0.25) is 0 Å². The first-order valence-corrected chi connectivity index (χ1v) is 7.56. The standard InChI is InChI=1S/C12H14ClNO2.C4H10/c1-16-10-4-5-11-9(7-10)3-2-6-14(11)12(15)8-13;1-4(2)3/h4-5,7H,2-3,6,8H2,1H3;4H,1-3H3. The number of alkyl halides is 1. The van der Waals surface area contributed by atoms with Gasteiger partial charge in [0.15, 0.2) is 0 Å². The summed E-state index contributed by atoms with van der Waals surface area (Å²) in [5.41, 5.74) is 2.13. The van der Waals surface area contributed by atoms with E-state index in [1.807, 2.05) is 18.2 Å². The highest BCUT2D eigenvalue weighted by atomic mass is 35.5. The number of nitrogens with zero attached hydrogens (tertiary/aromatic N) is 1. The van der Waals surface area contributed by atoms with Gasteiger partial charge >= 0.3 is 0 Å². The number of anilines is 1. The molecule has 0 spiro atoms. The molecule has 1 aromatic rings. The van der Waals surface area contributed by atoms with Crippen molar-refractivity contribution >= 4 is 23.2 Å². The number of rotatable bonds is 2. The van der Waals surface area contributed by atoms with Crippen LogP contribution >= 0.6 is 11.6 Å². The second kappa shape index (κ2) is 8.15. The molecule has 0 atom stereocenters. The van der Waals surface area contributed by atoms with Crippen LogP contribution in [-0.4, -0.2) is 25.4 Å². The first-order chi connectivity index (χ1) is 9.49. The van der Waals surface area contributed by atoms with Gasteiger partial charge in [-0.25, -0.2) is 0 Å². The third kappa shape index (κ3) is 4.71. The molecule has 1 aliphatic rings. The largest absolute Gasteiger partial charge is 0.497 e. The molecule has 0 fully saturated rings. The van der Waals surface area contributed by atoms with E-state index in [-0.39, 0.29) is 11.8 Å².